The van der Waals surface area contributed by atoms with Crippen LogP contribution in [-0.2, 0) is 18.4 Å². The van der Waals surface area contributed by atoms with E-state index in [-0.39, 0.29) is 11.8 Å². The first-order valence-electron chi connectivity index (χ1n) is 11.0. The summed E-state index contributed by atoms with van der Waals surface area (Å²) in [5.41, 5.74) is 4.17. The Morgan fingerprint density at radius 2 is 1.88 bits per heavy atom. The third-order valence-electron chi connectivity index (χ3n) is 6.06. The number of aryl methyl sites for hydroxylation is 1. The number of aromatic nitrogens is 4. The second kappa shape index (κ2) is 8.88. The van der Waals surface area contributed by atoms with Crippen LogP contribution < -0.4 is 5.32 Å². The Labute approximate surface area is 187 Å². The first kappa shape index (κ1) is 20.3. The second-order valence-electron chi connectivity index (χ2n) is 8.40. The van der Waals surface area contributed by atoms with Crippen molar-refractivity contribution < 1.29 is 4.79 Å². The number of carbonyl (C=O) groups excluding carboxylic acids is 1. The molecule has 0 bridgehead atoms. The minimum Gasteiger partial charge on any atom is -0.299 e. The van der Waals surface area contributed by atoms with E-state index in [9.17, 15) is 4.79 Å². The van der Waals surface area contributed by atoms with E-state index >= 15 is 0 Å². The summed E-state index contributed by atoms with van der Waals surface area (Å²) < 4.78 is 1.77. The molecule has 0 atom stereocenters. The molecule has 0 aliphatic carbocycles. The van der Waals surface area contributed by atoms with Crippen molar-refractivity contribution in [1.82, 2.24) is 24.6 Å². The Kier molecular flexibility index (Phi) is 5.64. The lowest BCUT2D eigenvalue weighted by Gasteiger charge is -2.31. The quantitative estimate of drug-likeness (QED) is 0.524. The molecular formula is C25H26N6O. The van der Waals surface area contributed by atoms with Gasteiger partial charge in [-0.05, 0) is 43.1 Å². The number of likely N-dealkylation sites (tertiary alicyclic amines) is 1. The molecule has 1 amide bonds. The monoisotopic (exact) mass is 426 g/mol. The van der Waals surface area contributed by atoms with Crippen molar-refractivity contribution in [2.75, 3.05) is 18.4 Å². The number of nitrogens with one attached hydrogen (secondary N) is 1. The number of piperidine rings is 1. The fourth-order valence-electron chi connectivity index (χ4n) is 4.24. The van der Waals surface area contributed by atoms with Crippen LogP contribution in [0.4, 0.5) is 5.95 Å². The first-order valence-corrected chi connectivity index (χ1v) is 11.0. The second-order valence-corrected chi connectivity index (χ2v) is 8.40. The fourth-order valence-corrected chi connectivity index (χ4v) is 4.24. The molecule has 2 aromatic heterocycles. The number of hydrogen-bond donors (Lipinski definition) is 1. The molecule has 5 rings (SSSR count). The van der Waals surface area contributed by atoms with Gasteiger partial charge in [0.15, 0.2) is 0 Å². The molecular weight excluding hydrogens is 400 g/mol. The molecule has 7 heteroatoms. The summed E-state index contributed by atoms with van der Waals surface area (Å²) >= 11 is 0. The largest absolute Gasteiger partial charge is 0.299 e. The molecule has 1 aliphatic heterocycles. The summed E-state index contributed by atoms with van der Waals surface area (Å²) in [7, 11) is 1.90. The van der Waals surface area contributed by atoms with Gasteiger partial charge in [-0.15, -0.1) is 0 Å². The maximum atomic E-state index is 12.8. The van der Waals surface area contributed by atoms with Gasteiger partial charge in [0.25, 0.3) is 0 Å². The number of amides is 1. The molecule has 0 saturated carbocycles. The van der Waals surface area contributed by atoms with Crippen LogP contribution in [0.25, 0.3) is 22.0 Å². The van der Waals surface area contributed by atoms with E-state index in [2.05, 4.69) is 49.5 Å². The molecule has 3 heterocycles. The number of rotatable bonds is 5. The standard InChI is InChI=1S/C25H26N6O/c1-30-17-22(15-27-30)20-7-8-21-14-26-25(28-23(21)13-20)29-24(32)19-9-11-31(12-10-19)16-18-5-3-2-4-6-18/h2-8,13-15,17,19H,9-12,16H2,1H3,(H,26,28,29,32). The number of benzene rings is 2. The summed E-state index contributed by atoms with van der Waals surface area (Å²) in [4.78, 5) is 24.2. The van der Waals surface area contributed by atoms with Crippen molar-refractivity contribution in [1.29, 1.82) is 0 Å². The lowest BCUT2D eigenvalue weighted by atomic mass is 9.95. The lowest BCUT2D eigenvalue weighted by Crippen LogP contribution is -2.37. The number of anilines is 1. The Morgan fingerprint density at radius 3 is 2.62 bits per heavy atom. The van der Waals surface area contributed by atoms with Crippen molar-refractivity contribution in [2.45, 2.75) is 19.4 Å². The van der Waals surface area contributed by atoms with Crippen LogP contribution >= 0.6 is 0 Å². The van der Waals surface area contributed by atoms with Crippen LogP contribution in [0.2, 0.25) is 0 Å². The summed E-state index contributed by atoms with van der Waals surface area (Å²) in [6.45, 7) is 2.77. The first-order chi connectivity index (χ1) is 15.6. The molecule has 4 aromatic rings. The van der Waals surface area contributed by atoms with Gasteiger partial charge in [0, 0.05) is 42.9 Å². The summed E-state index contributed by atoms with van der Waals surface area (Å²) in [6, 6.07) is 16.5. The predicted octanol–water partition coefficient (Wildman–Crippen LogP) is 3.88. The topological polar surface area (TPSA) is 75.9 Å². The number of fused-ring (bicyclic) bond motifs is 1. The molecule has 7 nitrogen and oxygen atoms in total. The molecule has 1 N–H and O–H groups in total. The highest BCUT2D eigenvalue weighted by atomic mass is 16.2. The van der Waals surface area contributed by atoms with E-state index in [4.69, 9.17) is 0 Å². The molecule has 1 aliphatic rings. The van der Waals surface area contributed by atoms with Gasteiger partial charge in [-0.1, -0.05) is 42.5 Å². The van der Waals surface area contributed by atoms with Crippen LogP contribution in [0.5, 0.6) is 0 Å². The van der Waals surface area contributed by atoms with E-state index in [0.29, 0.717) is 5.95 Å². The Balaban J connectivity index is 1.22. The predicted molar refractivity (Wildman–Crippen MR) is 125 cm³/mol. The van der Waals surface area contributed by atoms with Gasteiger partial charge in [0.05, 0.1) is 11.7 Å². The van der Waals surface area contributed by atoms with Crippen molar-refractivity contribution in [3.63, 3.8) is 0 Å². The minimum atomic E-state index is -0.0111. The van der Waals surface area contributed by atoms with E-state index in [1.165, 1.54) is 5.56 Å². The van der Waals surface area contributed by atoms with Gasteiger partial charge in [-0.25, -0.2) is 9.97 Å². The number of hydrogen-bond acceptors (Lipinski definition) is 5. The van der Waals surface area contributed by atoms with Gasteiger partial charge in [-0.3, -0.25) is 19.7 Å². The zero-order valence-corrected chi connectivity index (χ0v) is 18.1. The number of carbonyl (C=O) groups is 1. The van der Waals surface area contributed by atoms with Gasteiger partial charge < -0.3 is 0 Å². The molecule has 162 valence electrons. The Morgan fingerprint density at radius 1 is 1.06 bits per heavy atom. The van der Waals surface area contributed by atoms with E-state index in [0.717, 1.165) is 54.5 Å². The van der Waals surface area contributed by atoms with Gasteiger partial charge in [0.2, 0.25) is 11.9 Å². The van der Waals surface area contributed by atoms with Crippen LogP contribution in [0.3, 0.4) is 0 Å². The third-order valence-corrected chi connectivity index (χ3v) is 6.06. The molecule has 0 spiro atoms. The molecule has 1 saturated heterocycles. The van der Waals surface area contributed by atoms with Crippen LogP contribution in [0, 0.1) is 5.92 Å². The highest BCUT2D eigenvalue weighted by molar-refractivity contribution is 5.92. The van der Waals surface area contributed by atoms with E-state index in [1.54, 1.807) is 10.9 Å². The Hall–Kier alpha value is -3.58. The number of nitrogens with zero attached hydrogens (tertiary/aromatic N) is 5. The normalized spacial score (nSPS) is 15.2. The van der Waals surface area contributed by atoms with E-state index < -0.39 is 0 Å². The lowest BCUT2D eigenvalue weighted by molar-refractivity contribution is -0.121. The molecule has 32 heavy (non-hydrogen) atoms. The molecule has 0 unspecified atom stereocenters. The fraction of sp³-hybridized carbons (Fsp3) is 0.280. The van der Waals surface area contributed by atoms with Crippen LogP contribution in [0.1, 0.15) is 18.4 Å². The maximum absolute atomic E-state index is 12.8. The smallest absolute Gasteiger partial charge is 0.229 e. The van der Waals surface area contributed by atoms with Crippen LogP contribution in [0.15, 0.2) is 67.1 Å². The van der Waals surface area contributed by atoms with Crippen molar-refractivity contribution in [2.24, 2.45) is 13.0 Å². The molecule has 2 aromatic carbocycles. The average molecular weight is 427 g/mol. The summed E-state index contributed by atoms with van der Waals surface area (Å²) in [5, 5.41) is 8.10. The van der Waals surface area contributed by atoms with Crippen molar-refractivity contribution in [3.8, 4) is 11.1 Å². The van der Waals surface area contributed by atoms with Crippen LogP contribution in [-0.4, -0.2) is 43.6 Å². The van der Waals surface area contributed by atoms with Gasteiger partial charge >= 0.3 is 0 Å². The van der Waals surface area contributed by atoms with Gasteiger partial charge in [-0.2, -0.15) is 5.10 Å². The minimum absolute atomic E-state index is 0.00660. The SMILES string of the molecule is Cn1cc(-c2ccc3cnc(NC(=O)C4CCN(Cc5ccccc5)CC4)nc3c2)cn1. The maximum Gasteiger partial charge on any atom is 0.229 e. The summed E-state index contributed by atoms with van der Waals surface area (Å²) in [5.74, 6) is 0.354. The van der Waals surface area contributed by atoms with Crippen molar-refractivity contribution >= 4 is 22.8 Å². The van der Waals surface area contributed by atoms with E-state index in [1.807, 2.05) is 43.7 Å². The zero-order valence-electron chi connectivity index (χ0n) is 18.1. The average Bonchev–Trinajstić information content (AvgIpc) is 3.26. The third kappa shape index (κ3) is 4.53. The summed E-state index contributed by atoms with van der Waals surface area (Å²) in [6.07, 6.45) is 7.24. The van der Waals surface area contributed by atoms with Gasteiger partial charge in [0.1, 0.15) is 0 Å². The Bertz CT molecular complexity index is 1230. The molecule has 0 radical (unpaired) electrons. The highest BCUT2D eigenvalue weighted by Gasteiger charge is 2.25. The van der Waals surface area contributed by atoms with Crippen molar-refractivity contribution in [3.05, 3.63) is 72.7 Å². The zero-order chi connectivity index (χ0) is 21.9. The highest BCUT2D eigenvalue weighted by Crippen LogP contribution is 2.24. The molecule has 1 fully saturated rings.